The maximum atomic E-state index is 11.6. The Bertz CT molecular complexity index is 394. The summed E-state index contributed by atoms with van der Waals surface area (Å²) in [7, 11) is 0. The number of halogens is 2. The molecule has 0 aliphatic rings. The number of rotatable bonds is 1. The second kappa shape index (κ2) is 4.42. The Morgan fingerprint density at radius 1 is 1.27 bits per heavy atom. The molecule has 0 saturated heterocycles. The Morgan fingerprint density at radius 3 is 2.33 bits per heavy atom. The van der Waals surface area contributed by atoms with Crippen LogP contribution < -0.4 is 0 Å². The molecule has 0 amide bonds. The van der Waals surface area contributed by atoms with Gasteiger partial charge in [0.15, 0.2) is 11.8 Å². The summed E-state index contributed by atoms with van der Waals surface area (Å²) in [6.07, 6.45) is 1.47. The zero-order valence-electron chi connectivity index (χ0n) is 8.92. The lowest BCUT2D eigenvalue weighted by Gasteiger charge is -2.18. The monoisotopic (exact) mass is 245 g/mol. The van der Waals surface area contributed by atoms with Gasteiger partial charge in [0.1, 0.15) is 0 Å². The van der Waals surface area contributed by atoms with Gasteiger partial charge in [-0.15, -0.1) is 0 Å². The highest BCUT2D eigenvalue weighted by molar-refractivity contribution is 6.36. The van der Waals surface area contributed by atoms with Crippen molar-refractivity contribution in [3.05, 3.63) is 39.0 Å². The average Bonchev–Trinajstić information content (AvgIpc) is 2.08. The lowest BCUT2D eigenvalue weighted by Crippen LogP contribution is -2.29. The van der Waals surface area contributed by atoms with Gasteiger partial charge in [-0.3, -0.25) is 0 Å². The van der Waals surface area contributed by atoms with Gasteiger partial charge in [0.25, 0.3) is 0 Å². The van der Waals surface area contributed by atoms with E-state index < -0.39 is 5.54 Å². The van der Waals surface area contributed by atoms with E-state index in [4.69, 9.17) is 23.2 Å². The van der Waals surface area contributed by atoms with Crippen LogP contribution in [-0.4, -0.2) is 16.5 Å². The predicted octanol–water partition coefficient (Wildman–Crippen LogP) is 3.72. The lowest BCUT2D eigenvalue weighted by atomic mass is 10.1. The minimum absolute atomic E-state index is 0.469. The Kier molecular flexibility index (Phi) is 3.63. The standard InChI is InChI=1S/C11H13Cl2NO/c1-11(2,3)14(15)7-8-4-5-9(12)6-10(8)13/h4-7H,1-3H3/b14-7+. The summed E-state index contributed by atoms with van der Waals surface area (Å²) in [5.74, 6) is 0. The molecule has 15 heavy (non-hydrogen) atoms. The smallest absolute Gasteiger partial charge is 0.183 e. The van der Waals surface area contributed by atoms with Gasteiger partial charge >= 0.3 is 0 Å². The van der Waals surface area contributed by atoms with E-state index in [1.54, 1.807) is 18.2 Å². The zero-order valence-corrected chi connectivity index (χ0v) is 10.4. The molecular weight excluding hydrogens is 233 g/mol. The molecule has 0 fully saturated rings. The van der Waals surface area contributed by atoms with E-state index in [2.05, 4.69) is 0 Å². The molecule has 0 atom stereocenters. The molecule has 0 N–H and O–H groups in total. The second-order valence-corrected chi connectivity index (χ2v) is 5.14. The van der Waals surface area contributed by atoms with Gasteiger partial charge < -0.3 is 5.21 Å². The summed E-state index contributed by atoms with van der Waals surface area (Å²) in [5.41, 5.74) is 0.203. The van der Waals surface area contributed by atoms with Gasteiger partial charge in [-0.05, 0) is 18.2 Å². The van der Waals surface area contributed by atoms with Crippen molar-refractivity contribution in [3.63, 3.8) is 0 Å². The lowest BCUT2D eigenvalue weighted by molar-refractivity contribution is -0.530. The highest BCUT2D eigenvalue weighted by atomic mass is 35.5. The fourth-order valence-electron chi connectivity index (χ4n) is 0.926. The largest absolute Gasteiger partial charge is 0.623 e. The molecular formula is C11H13Cl2NO. The van der Waals surface area contributed by atoms with Crippen LogP contribution in [0.2, 0.25) is 10.0 Å². The molecule has 4 heteroatoms. The fraction of sp³-hybridized carbons (Fsp3) is 0.364. The van der Waals surface area contributed by atoms with Crippen molar-refractivity contribution in [3.8, 4) is 0 Å². The molecule has 1 aromatic carbocycles. The summed E-state index contributed by atoms with van der Waals surface area (Å²) in [5, 5.41) is 12.7. The topological polar surface area (TPSA) is 26.1 Å². The van der Waals surface area contributed by atoms with Crippen LogP contribution >= 0.6 is 23.2 Å². The van der Waals surface area contributed by atoms with Crippen LogP contribution in [0, 0.1) is 5.21 Å². The van der Waals surface area contributed by atoms with Gasteiger partial charge in [0.05, 0.1) is 10.6 Å². The van der Waals surface area contributed by atoms with Gasteiger partial charge in [0, 0.05) is 25.8 Å². The van der Waals surface area contributed by atoms with Crippen LogP contribution in [0.25, 0.3) is 0 Å². The normalized spacial score (nSPS) is 13.0. The van der Waals surface area contributed by atoms with E-state index in [-0.39, 0.29) is 0 Å². The molecule has 0 radical (unpaired) electrons. The van der Waals surface area contributed by atoms with Crippen molar-refractivity contribution < 1.29 is 4.74 Å². The van der Waals surface area contributed by atoms with E-state index in [1.807, 2.05) is 20.8 Å². The van der Waals surface area contributed by atoms with Crippen LogP contribution in [0.15, 0.2) is 18.2 Å². The summed E-state index contributed by atoms with van der Waals surface area (Å²) < 4.78 is 0.877. The molecule has 1 rings (SSSR count). The van der Waals surface area contributed by atoms with Gasteiger partial charge in [-0.25, -0.2) is 4.74 Å². The predicted molar refractivity (Wildman–Crippen MR) is 65.0 cm³/mol. The highest BCUT2D eigenvalue weighted by Crippen LogP contribution is 2.20. The maximum Gasteiger partial charge on any atom is 0.183 e. The molecule has 0 saturated carbocycles. The zero-order chi connectivity index (χ0) is 11.6. The number of hydrogen-bond donors (Lipinski definition) is 0. The summed E-state index contributed by atoms with van der Waals surface area (Å²) in [6, 6.07) is 5.04. The molecule has 0 heterocycles. The third kappa shape index (κ3) is 3.40. The number of hydrogen-bond acceptors (Lipinski definition) is 1. The molecule has 82 valence electrons. The van der Waals surface area contributed by atoms with Crippen LogP contribution in [0.4, 0.5) is 0 Å². The molecule has 1 aromatic rings. The molecule has 0 spiro atoms. The van der Waals surface area contributed by atoms with E-state index in [1.165, 1.54) is 6.21 Å². The molecule has 0 aliphatic heterocycles. The van der Waals surface area contributed by atoms with Gasteiger partial charge in [-0.1, -0.05) is 23.2 Å². The van der Waals surface area contributed by atoms with Crippen LogP contribution in [0.1, 0.15) is 26.3 Å². The molecule has 0 unspecified atom stereocenters. The summed E-state index contributed by atoms with van der Waals surface area (Å²) in [6.45, 7) is 5.50. The first kappa shape index (κ1) is 12.3. The Labute approximate surface area is 99.7 Å². The van der Waals surface area contributed by atoms with Crippen LogP contribution in [-0.2, 0) is 0 Å². The number of nitrogens with zero attached hydrogens (tertiary/aromatic N) is 1. The number of hydroxylamine groups is 1. The second-order valence-electron chi connectivity index (χ2n) is 4.29. The Balaban J connectivity index is 3.09. The third-order valence-corrected chi connectivity index (χ3v) is 2.44. The Morgan fingerprint density at radius 2 is 1.87 bits per heavy atom. The van der Waals surface area contributed by atoms with Crippen LogP contribution in [0.5, 0.6) is 0 Å². The SMILES string of the molecule is CC(C)(C)/[N+]([O-])=C\c1ccc(Cl)cc1Cl. The van der Waals surface area contributed by atoms with Crippen LogP contribution in [0.3, 0.4) is 0 Å². The molecule has 0 aliphatic carbocycles. The van der Waals surface area contributed by atoms with Crippen molar-refractivity contribution in [2.75, 3.05) is 0 Å². The highest BCUT2D eigenvalue weighted by Gasteiger charge is 2.18. The van der Waals surface area contributed by atoms with Gasteiger partial charge in [0.2, 0.25) is 0 Å². The minimum Gasteiger partial charge on any atom is -0.623 e. The quantitative estimate of drug-likeness (QED) is 0.321. The van der Waals surface area contributed by atoms with Crippen molar-refractivity contribution in [2.24, 2.45) is 0 Å². The first-order valence-corrected chi connectivity index (χ1v) is 5.32. The van der Waals surface area contributed by atoms with E-state index in [0.29, 0.717) is 15.6 Å². The average molecular weight is 246 g/mol. The fourth-order valence-corrected chi connectivity index (χ4v) is 1.38. The van der Waals surface area contributed by atoms with Crippen molar-refractivity contribution in [1.29, 1.82) is 0 Å². The molecule has 2 nitrogen and oxygen atoms in total. The number of benzene rings is 1. The summed E-state index contributed by atoms with van der Waals surface area (Å²) >= 11 is 11.7. The third-order valence-electron chi connectivity index (χ3n) is 1.88. The molecule has 0 bridgehead atoms. The van der Waals surface area contributed by atoms with E-state index in [0.717, 1.165) is 4.74 Å². The maximum absolute atomic E-state index is 11.6. The van der Waals surface area contributed by atoms with Gasteiger partial charge in [-0.2, -0.15) is 0 Å². The van der Waals surface area contributed by atoms with Crippen molar-refractivity contribution >= 4 is 29.4 Å². The Hall–Kier alpha value is -0.730. The first-order valence-electron chi connectivity index (χ1n) is 4.57. The van der Waals surface area contributed by atoms with E-state index >= 15 is 0 Å². The van der Waals surface area contributed by atoms with Crippen molar-refractivity contribution in [2.45, 2.75) is 26.3 Å². The van der Waals surface area contributed by atoms with Crippen molar-refractivity contribution in [1.82, 2.24) is 0 Å². The molecule has 0 aromatic heterocycles. The van der Waals surface area contributed by atoms with E-state index in [9.17, 15) is 5.21 Å². The summed E-state index contributed by atoms with van der Waals surface area (Å²) in [4.78, 5) is 0. The minimum atomic E-state index is -0.469. The first-order chi connectivity index (χ1) is 6.80.